The summed E-state index contributed by atoms with van der Waals surface area (Å²) in [6, 6.07) is 7.04. The molecule has 0 spiro atoms. The number of nitrogens with one attached hydrogen (secondary N) is 1. The third kappa shape index (κ3) is 3.81. The topological polar surface area (TPSA) is 81.7 Å². The Kier molecular flexibility index (Phi) is 6.13. The average Bonchev–Trinajstić information content (AvgIpc) is 2.66. The van der Waals surface area contributed by atoms with E-state index in [0.717, 1.165) is 5.70 Å². The molecular weight excluding hydrogens is 394 g/mol. The second-order valence-electron chi connectivity index (χ2n) is 7.31. The number of hydrogen-bond acceptors (Lipinski definition) is 6. The van der Waals surface area contributed by atoms with Crippen LogP contribution in [0.3, 0.4) is 0 Å². The highest BCUT2D eigenvalue weighted by Crippen LogP contribution is 2.45. The number of Topliss-reactive ketones (excluding diaryl/α,β-unsaturated/α-hetero) is 1. The van der Waals surface area contributed by atoms with E-state index in [1.807, 2.05) is 13.0 Å². The Hall–Kier alpha value is -2.60. The highest BCUT2D eigenvalue weighted by atomic mass is 35.5. The van der Waals surface area contributed by atoms with Crippen molar-refractivity contribution in [2.45, 2.75) is 33.1 Å². The van der Waals surface area contributed by atoms with E-state index in [-0.39, 0.29) is 18.3 Å². The molecule has 3 rings (SSSR count). The van der Waals surface area contributed by atoms with E-state index in [1.165, 1.54) is 7.11 Å². The van der Waals surface area contributed by atoms with Gasteiger partial charge in [-0.1, -0.05) is 30.7 Å². The number of dihydropyridines is 1. The molecule has 154 valence electrons. The van der Waals surface area contributed by atoms with Crippen molar-refractivity contribution in [1.82, 2.24) is 5.32 Å². The van der Waals surface area contributed by atoms with Crippen LogP contribution in [0.25, 0.3) is 0 Å². The molecule has 1 aliphatic carbocycles. The van der Waals surface area contributed by atoms with Crippen molar-refractivity contribution in [3.05, 3.63) is 57.4 Å². The first kappa shape index (κ1) is 21.1. The fraction of sp³-hybridized carbons (Fsp3) is 0.409. The van der Waals surface area contributed by atoms with E-state index >= 15 is 0 Å². The van der Waals surface area contributed by atoms with E-state index < -0.39 is 23.8 Å². The zero-order valence-corrected chi connectivity index (χ0v) is 17.6. The molecule has 6 nitrogen and oxygen atoms in total. The van der Waals surface area contributed by atoms with Crippen LogP contribution < -0.4 is 5.32 Å². The van der Waals surface area contributed by atoms with E-state index in [1.54, 1.807) is 32.0 Å². The number of methoxy groups -OCH3 is 1. The first-order chi connectivity index (χ1) is 13.8. The molecule has 0 aromatic heterocycles. The second-order valence-corrected chi connectivity index (χ2v) is 7.75. The molecular formula is C22H24ClNO5. The third-order valence-electron chi connectivity index (χ3n) is 5.42. The number of carbonyl (C=O) groups excluding carboxylic acids is 3. The molecule has 0 amide bonds. The summed E-state index contributed by atoms with van der Waals surface area (Å²) in [5.41, 5.74) is 2.79. The summed E-state index contributed by atoms with van der Waals surface area (Å²) in [6.07, 6.45) is 0.491. The van der Waals surface area contributed by atoms with Crippen LogP contribution in [0, 0.1) is 11.8 Å². The maximum atomic E-state index is 13.5. The standard InChI is InChI=1S/C22H24ClNO5/c1-5-29-22(27)17-12(3)24-15-9-11(2)16(21(26)28-4)20(25)19(15)18(17)13-7-6-8-14(23)10-13/h6-8,10-11,16,18,24H,5,9H2,1-4H3. The molecule has 1 N–H and O–H groups in total. The van der Waals surface area contributed by atoms with Crippen LogP contribution in [0.4, 0.5) is 0 Å². The Balaban J connectivity index is 2.19. The molecule has 1 heterocycles. The van der Waals surface area contributed by atoms with E-state index in [9.17, 15) is 14.4 Å². The van der Waals surface area contributed by atoms with Crippen LogP contribution in [-0.2, 0) is 23.9 Å². The van der Waals surface area contributed by atoms with Gasteiger partial charge in [0.05, 0.1) is 19.3 Å². The van der Waals surface area contributed by atoms with Crippen molar-refractivity contribution in [3.8, 4) is 0 Å². The summed E-state index contributed by atoms with van der Waals surface area (Å²) in [5, 5.41) is 3.70. The molecule has 3 unspecified atom stereocenters. The molecule has 2 aliphatic rings. The summed E-state index contributed by atoms with van der Waals surface area (Å²) in [7, 11) is 1.27. The first-order valence-electron chi connectivity index (χ1n) is 9.55. The molecule has 0 fully saturated rings. The van der Waals surface area contributed by atoms with Crippen LogP contribution in [-0.4, -0.2) is 31.4 Å². The van der Waals surface area contributed by atoms with Gasteiger partial charge in [-0.3, -0.25) is 9.59 Å². The van der Waals surface area contributed by atoms with Gasteiger partial charge in [0.15, 0.2) is 5.78 Å². The van der Waals surface area contributed by atoms with Gasteiger partial charge >= 0.3 is 11.9 Å². The molecule has 0 bridgehead atoms. The van der Waals surface area contributed by atoms with Crippen molar-refractivity contribution < 1.29 is 23.9 Å². The SMILES string of the molecule is CCOC(=O)C1=C(C)NC2=C(C(=O)C(C(=O)OC)C(C)C2)C1c1cccc(Cl)c1. The van der Waals surface area contributed by atoms with E-state index in [0.29, 0.717) is 33.9 Å². The van der Waals surface area contributed by atoms with E-state index in [2.05, 4.69) is 5.32 Å². The first-order valence-corrected chi connectivity index (χ1v) is 9.93. The lowest BCUT2D eigenvalue weighted by Gasteiger charge is -2.38. The predicted octanol–water partition coefficient (Wildman–Crippen LogP) is 3.52. The Morgan fingerprint density at radius 1 is 1.31 bits per heavy atom. The number of allylic oxidation sites excluding steroid dienone is 3. The minimum atomic E-state index is -0.913. The quantitative estimate of drug-likeness (QED) is 0.596. The van der Waals surface area contributed by atoms with Gasteiger partial charge in [0.25, 0.3) is 0 Å². The van der Waals surface area contributed by atoms with Crippen LogP contribution in [0.5, 0.6) is 0 Å². The maximum Gasteiger partial charge on any atom is 0.336 e. The van der Waals surface area contributed by atoms with Crippen LogP contribution in [0.2, 0.25) is 5.02 Å². The van der Waals surface area contributed by atoms with Crippen molar-refractivity contribution >= 4 is 29.3 Å². The van der Waals surface area contributed by atoms with Crippen LogP contribution >= 0.6 is 11.6 Å². The number of ketones is 1. The van der Waals surface area contributed by atoms with Gasteiger partial charge < -0.3 is 14.8 Å². The number of rotatable bonds is 4. The fourth-order valence-corrected chi connectivity index (χ4v) is 4.38. The predicted molar refractivity (Wildman–Crippen MR) is 108 cm³/mol. The fourth-order valence-electron chi connectivity index (χ4n) is 4.18. The molecule has 1 aliphatic heterocycles. The van der Waals surface area contributed by atoms with Crippen molar-refractivity contribution in [1.29, 1.82) is 0 Å². The van der Waals surface area contributed by atoms with Gasteiger partial charge in [-0.2, -0.15) is 0 Å². The van der Waals surface area contributed by atoms with Gasteiger partial charge in [0.2, 0.25) is 0 Å². The van der Waals surface area contributed by atoms with Gasteiger partial charge in [-0.15, -0.1) is 0 Å². The zero-order chi connectivity index (χ0) is 21.3. The molecule has 7 heteroatoms. The normalized spacial score (nSPS) is 24.0. The number of ether oxygens (including phenoxy) is 2. The summed E-state index contributed by atoms with van der Waals surface area (Å²) >= 11 is 6.20. The van der Waals surface area contributed by atoms with Gasteiger partial charge in [0.1, 0.15) is 5.92 Å². The Morgan fingerprint density at radius 3 is 2.66 bits per heavy atom. The smallest absolute Gasteiger partial charge is 0.336 e. The number of carbonyl (C=O) groups is 3. The minimum Gasteiger partial charge on any atom is -0.468 e. The van der Waals surface area contributed by atoms with Gasteiger partial charge in [-0.25, -0.2) is 4.79 Å². The summed E-state index contributed by atoms with van der Waals surface area (Å²) in [4.78, 5) is 38.6. The molecule has 29 heavy (non-hydrogen) atoms. The van der Waals surface area contributed by atoms with Crippen LogP contribution in [0.15, 0.2) is 46.8 Å². The number of esters is 2. The van der Waals surface area contributed by atoms with Crippen LogP contribution in [0.1, 0.15) is 38.7 Å². The Labute approximate surface area is 174 Å². The molecule has 0 radical (unpaired) electrons. The van der Waals surface area contributed by atoms with Crippen molar-refractivity contribution in [2.24, 2.45) is 11.8 Å². The van der Waals surface area contributed by atoms with E-state index in [4.69, 9.17) is 21.1 Å². The monoisotopic (exact) mass is 417 g/mol. The highest BCUT2D eigenvalue weighted by Gasteiger charge is 2.47. The number of halogens is 1. The third-order valence-corrected chi connectivity index (χ3v) is 5.66. The molecule has 0 saturated carbocycles. The molecule has 1 aromatic carbocycles. The maximum absolute atomic E-state index is 13.5. The zero-order valence-electron chi connectivity index (χ0n) is 16.9. The summed E-state index contributed by atoms with van der Waals surface area (Å²) in [6.45, 7) is 5.57. The summed E-state index contributed by atoms with van der Waals surface area (Å²) < 4.78 is 10.1. The average molecular weight is 418 g/mol. The van der Waals surface area contributed by atoms with Crippen molar-refractivity contribution in [3.63, 3.8) is 0 Å². The molecule has 1 aromatic rings. The van der Waals surface area contributed by atoms with Crippen molar-refractivity contribution in [2.75, 3.05) is 13.7 Å². The lowest BCUT2D eigenvalue weighted by molar-refractivity contribution is -0.151. The molecule has 3 atom stereocenters. The van der Waals surface area contributed by atoms with Gasteiger partial charge in [0, 0.05) is 27.9 Å². The highest BCUT2D eigenvalue weighted by molar-refractivity contribution is 6.30. The second kappa shape index (κ2) is 8.41. The number of benzene rings is 1. The number of hydrogen-bond donors (Lipinski definition) is 1. The lowest BCUT2D eigenvalue weighted by Crippen LogP contribution is -2.43. The summed E-state index contributed by atoms with van der Waals surface area (Å²) in [5.74, 6) is -3.21. The minimum absolute atomic E-state index is 0.208. The Morgan fingerprint density at radius 2 is 2.03 bits per heavy atom. The lowest BCUT2D eigenvalue weighted by atomic mass is 9.69. The largest absolute Gasteiger partial charge is 0.468 e. The molecule has 0 saturated heterocycles. The van der Waals surface area contributed by atoms with Gasteiger partial charge in [-0.05, 0) is 43.9 Å². The Bertz CT molecular complexity index is 933.